The summed E-state index contributed by atoms with van der Waals surface area (Å²) in [5.74, 6) is -0.827. The fourth-order valence-corrected chi connectivity index (χ4v) is 3.73. The molecule has 7 nitrogen and oxygen atoms in total. The first-order valence-electron chi connectivity index (χ1n) is 10.0. The fraction of sp³-hybridized carbons (Fsp3) is 0.261. The van der Waals surface area contributed by atoms with E-state index in [2.05, 4.69) is 10.7 Å². The number of amides is 4. The molecule has 0 spiro atoms. The average molecular weight is 404 g/mol. The van der Waals surface area contributed by atoms with Gasteiger partial charge in [0.25, 0.3) is 5.91 Å². The summed E-state index contributed by atoms with van der Waals surface area (Å²) in [5.41, 5.74) is 3.54. The molecule has 2 N–H and O–H groups in total. The number of hydrogen-bond acceptors (Lipinski definition) is 3. The zero-order valence-corrected chi connectivity index (χ0v) is 16.8. The molecule has 30 heavy (non-hydrogen) atoms. The van der Waals surface area contributed by atoms with Crippen LogP contribution in [0.25, 0.3) is 10.9 Å². The highest BCUT2D eigenvalue weighted by molar-refractivity contribution is 6.07. The van der Waals surface area contributed by atoms with Gasteiger partial charge in [-0.25, -0.2) is 4.79 Å². The first kappa shape index (κ1) is 19.7. The van der Waals surface area contributed by atoms with Gasteiger partial charge in [0, 0.05) is 24.7 Å². The number of rotatable bonds is 7. The van der Waals surface area contributed by atoms with E-state index in [9.17, 15) is 14.4 Å². The first-order valence-corrected chi connectivity index (χ1v) is 10.0. The number of benzene rings is 2. The van der Waals surface area contributed by atoms with Crippen LogP contribution < -0.4 is 10.7 Å². The second-order valence-electron chi connectivity index (χ2n) is 7.74. The molecular weight excluding hydrogens is 380 g/mol. The Hall–Kier alpha value is -3.61. The number of aryl methyl sites for hydroxylation is 2. The quantitative estimate of drug-likeness (QED) is 0.594. The number of para-hydroxylation sites is 1. The molecule has 0 radical (unpaired) electrons. The van der Waals surface area contributed by atoms with Crippen LogP contribution in [-0.2, 0) is 22.6 Å². The highest BCUT2D eigenvalue weighted by atomic mass is 16.2. The lowest BCUT2D eigenvalue weighted by molar-refractivity contribution is -0.139. The van der Waals surface area contributed by atoms with Crippen LogP contribution in [0.4, 0.5) is 4.79 Å². The molecule has 4 amide bonds. The Morgan fingerprint density at radius 3 is 2.57 bits per heavy atom. The molecule has 0 bridgehead atoms. The molecule has 0 aliphatic carbocycles. The molecule has 1 aliphatic rings. The van der Waals surface area contributed by atoms with E-state index in [0.717, 1.165) is 21.5 Å². The fourth-order valence-electron chi connectivity index (χ4n) is 3.73. The molecule has 4 rings (SSSR count). The lowest BCUT2D eigenvalue weighted by Crippen LogP contribution is -2.49. The normalized spacial score (nSPS) is 18.6. The number of urea groups is 1. The number of carbonyl (C=O) groups is 3. The Morgan fingerprint density at radius 2 is 1.77 bits per heavy atom. The summed E-state index contributed by atoms with van der Waals surface area (Å²) in [6, 6.07) is 19.1. The highest BCUT2D eigenvalue weighted by Gasteiger charge is 2.48. The maximum Gasteiger partial charge on any atom is 0.344 e. The third-order valence-electron chi connectivity index (χ3n) is 5.51. The Morgan fingerprint density at radius 1 is 1.03 bits per heavy atom. The maximum atomic E-state index is 12.8. The molecule has 3 aromatic rings. The molecule has 2 aromatic carbocycles. The number of hydrogen-bond donors (Lipinski definition) is 2. The van der Waals surface area contributed by atoms with Crippen molar-refractivity contribution in [3.05, 3.63) is 72.4 Å². The first-order chi connectivity index (χ1) is 14.5. The lowest BCUT2D eigenvalue weighted by atomic mass is 9.93. The predicted octanol–water partition coefficient (Wildman–Crippen LogP) is 3.01. The zero-order chi connectivity index (χ0) is 21.1. The number of aromatic nitrogens is 1. The van der Waals surface area contributed by atoms with Crippen LogP contribution >= 0.6 is 0 Å². The van der Waals surface area contributed by atoms with Gasteiger partial charge in [0.1, 0.15) is 5.54 Å². The van der Waals surface area contributed by atoms with Gasteiger partial charge in [-0.3, -0.25) is 15.0 Å². The van der Waals surface area contributed by atoms with Gasteiger partial charge in [0.05, 0.1) is 0 Å². The Labute approximate surface area is 174 Å². The summed E-state index contributed by atoms with van der Waals surface area (Å²) >= 11 is 0. The van der Waals surface area contributed by atoms with E-state index in [-0.39, 0.29) is 12.3 Å². The van der Waals surface area contributed by atoms with Crippen LogP contribution in [0.2, 0.25) is 0 Å². The van der Waals surface area contributed by atoms with Gasteiger partial charge >= 0.3 is 6.03 Å². The number of hydrazine groups is 1. The monoisotopic (exact) mass is 404 g/mol. The van der Waals surface area contributed by atoms with Gasteiger partial charge in [-0.05, 0) is 42.8 Å². The van der Waals surface area contributed by atoms with Crippen molar-refractivity contribution < 1.29 is 14.4 Å². The third kappa shape index (κ3) is 3.91. The lowest BCUT2D eigenvalue weighted by Gasteiger charge is -2.21. The van der Waals surface area contributed by atoms with E-state index in [0.29, 0.717) is 19.4 Å². The van der Waals surface area contributed by atoms with Crippen LogP contribution in [0.3, 0.4) is 0 Å². The molecular formula is C23H24N4O3. The molecule has 1 aromatic heterocycles. The summed E-state index contributed by atoms with van der Waals surface area (Å²) in [7, 11) is 0. The smallest absolute Gasteiger partial charge is 0.344 e. The largest absolute Gasteiger partial charge is 0.347 e. The Bertz CT molecular complexity index is 1090. The third-order valence-corrected chi connectivity index (χ3v) is 5.51. The van der Waals surface area contributed by atoms with Crippen molar-refractivity contribution in [3.63, 3.8) is 0 Å². The van der Waals surface area contributed by atoms with Gasteiger partial charge < -0.3 is 9.88 Å². The van der Waals surface area contributed by atoms with Crippen molar-refractivity contribution >= 4 is 28.7 Å². The predicted molar refractivity (Wildman–Crippen MR) is 113 cm³/mol. The summed E-state index contributed by atoms with van der Waals surface area (Å²) in [5, 5.41) is 4.62. The van der Waals surface area contributed by atoms with Gasteiger partial charge in [-0.15, -0.1) is 0 Å². The highest BCUT2D eigenvalue weighted by Crippen LogP contribution is 2.22. The number of carbonyl (C=O) groups excluding carboxylic acids is 3. The molecule has 1 fully saturated rings. The number of imide groups is 1. The van der Waals surface area contributed by atoms with E-state index >= 15 is 0 Å². The van der Waals surface area contributed by atoms with Crippen LogP contribution in [-0.4, -0.2) is 33.0 Å². The molecule has 0 unspecified atom stereocenters. The number of nitrogens with one attached hydrogen (secondary N) is 2. The molecule has 154 valence electrons. The van der Waals surface area contributed by atoms with Gasteiger partial charge in [0.2, 0.25) is 5.91 Å². The molecule has 1 atom stereocenters. The average Bonchev–Trinajstić information content (AvgIpc) is 3.26. The topological polar surface area (TPSA) is 83.4 Å². The Kier molecular flexibility index (Phi) is 5.27. The summed E-state index contributed by atoms with van der Waals surface area (Å²) in [4.78, 5) is 37.6. The standard InChI is InChI=1S/C23H24N4O3/c1-23(14-11-17-7-3-2-4-8-17)21(29)27(22(30)24-23)25-20(28)13-16-26-15-12-18-9-5-6-10-19(18)26/h2-10,12,15H,11,13-14,16H2,1H3,(H,24,30)(H,25,28)/t23-/m0/s1. The molecule has 1 saturated heterocycles. The van der Waals surface area contributed by atoms with Crippen molar-refractivity contribution in [1.82, 2.24) is 20.3 Å². The minimum atomic E-state index is -1.04. The van der Waals surface area contributed by atoms with E-state index in [4.69, 9.17) is 0 Å². The van der Waals surface area contributed by atoms with E-state index in [1.165, 1.54) is 0 Å². The summed E-state index contributed by atoms with van der Waals surface area (Å²) in [6.07, 6.45) is 3.16. The Balaban J connectivity index is 1.35. The molecule has 7 heteroatoms. The molecule has 0 saturated carbocycles. The molecule has 1 aliphatic heterocycles. The van der Waals surface area contributed by atoms with Crippen molar-refractivity contribution in [1.29, 1.82) is 0 Å². The van der Waals surface area contributed by atoms with Gasteiger partial charge in [0.15, 0.2) is 0 Å². The van der Waals surface area contributed by atoms with Crippen LogP contribution in [0.15, 0.2) is 66.9 Å². The van der Waals surface area contributed by atoms with Crippen LogP contribution in [0.1, 0.15) is 25.3 Å². The summed E-state index contributed by atoms with van der Waals surface area (Å²) in [6.45, 7) is 2.14. The van der Waals surface area contributed by atoms with Crippen LogP contribution in [0, 0.1) is 0 Å². The minimum absolute atomic E-state index is 0.149. The van der Waals surface area contributed by atoms with Gasteiger partial charge in [-0.2, -0.15) is 5.01 Å². The SMILES string of the molecule is C[C@@]1(CCc2ccccc2)NC(=O)N(NC(=O)CCn2ccc3ccccc32)C1=O. The van der Waals surface area contributed by atoms with Crippen molar-refractivity contribution in [3.8, 4) is 0 Å². The van der Waals surface area contributed by atoms with E-state index < -0.39 is 17.5 Å². The van der Waals surface area contributed by atoms with Crippen molar-refractivity contribution in [2.75, 3.05) is 0 Å². The maximum absolute atomic E-state index is 12.8. The number of nitrogens with zero attached hydrogens (tertiary/aromatic N) is 2. The van der Waals surface area contributed by atoms with E-state index in [1.807, 2.05) is 71.4 Å². The van der Waals surface area contributed by atoms with Crippen molar-refractivity contribution in [2.24, 2.45) is 0 Å². The van der Waals surface area contributed by atoms with E-state index in [1.54, 1.807) is 6.92 Å². The number of fused-ring (bicyclic) bond motifs is 1. The zero-order valence-electron chi connectivity index (χ0n) is 16.8. The second-order valence-corrected chi connectivity index (χ2v) is 7.74. The van der Waals surface area contributed by atoms with Gasteiger partial charge in [-0.1, -0.05) is 48.5 Å². The molecule has 2 heterocycles. The van der Waals surface area contributed by atoms with Crippen molar-refractivity contribution in [2.45, 2.75) is 38.3 Å². The summed E-state index contributed by atoms with van der Waals surface area (Å²) < 4.78 is 1.98. The minimum Gasteiger partial charge on any atom is -0.347 e. The second kappa shape index (κ2) is 8.02. The van der Waals surface area contributed by atoms with Crippen LogP contribution in [0.5, 0.6) is 0 Å².